The second-order valence-electron chi connectivity index (χ2n) is 11.2. The number of likely N-dealkylation sites (tertiary alicyclic amines) is 1. The van der Waals surface area contributed by atoms with Gasteiger partial charge in [0.25, 0.3) is 0 Å². The third-order valence-electron chi connectivity index (χ3n) is 8.57. The minimum Gasteiger partial charge on any atom is -0.508 e. The highest BCUT2D eigenvalue weighted by Gasteiger charge is 2.39. The van der Waals surface area contributed by atoms with Gasteiger partial charge in [0.15, 0.2) is 0 Å². The first-order chi connectivity index (χ1) is 18.3. The number of pyridine rings is 1. The van der Waals surface area contributed by atoms with E-state index in [2.05, 4.69) is 24.5 Å². The number of hydrogen-bond donors (Lipinski definition) is 1. The van der Waals surface area contributed by atoms with E-state index in [1.54, 1.807) is 6.07 Å². The first-order valence-electron chi connectivity index (χ1n) is 13.8. The number of aryl methyl sites for hydroxylation is 1. The lowest BCUT2D eigenvalue weighted by Crippen LogP contribution is -2.40. The van der Waals surface area contributed by atoms with Gasteiger partial charge < -0.3 is 5.11 Å². The molecular weight excluding hydrogens is 473 g/mol. The number of aliphatic hydroxyl groups is 1. The molecule has 5 heteroatoms. The zero-order valence-corrected chi connectivity index (χ0v) is 22.9. The molecule has 0 saturated carbocycles. The maximum Gasteiger partial charge on any atom is 0.126 e. The van der Waals surface area contributed by atoms with E-state index in [9.17, 15) is 9.50 Å². The molecule has 198 valence electrons. The van der Waals surface area contributed by atoms with Gasteiger partial charge in [0.1, 0.15) is 11.6 Å². The summed E-state index contributed by atoms with van der Waals surface area (Å²) < 4.78 is 14.2. The van der Waals surface area contributed by atoms with Gasteiger partial charge in [0, 0.05) is 41.8 Å². The summed E-state index contributed by atoms with van der Waals surface area (Å²) in [5, 5.41) is 9.62. The Morgan fingerprint density at radius 3 is 2.47 bits per heavy atom. The lowest BCUT2D eigenvalue weighted by atomic mass is 9.75. The second-order valence-corrected chi connectivity index (χ2v) is 11.2. The molecule has 2 aliphatic heterocycles. The molecule has 0 unspecified atom stereocenters. The Labute approximate surface area is 226 Å². The Bertz CT molecular complexity index is 1370. The van der Waals surface area contributed by atoms with Gasteiger partial charge >= 0.3 is 0 Å². The van der Waals surface area contributed by atoms with Gasteiger partial charge in [0.2, 0.25) is 0 Å². The molecule has 0 atom stereocenters. The lowest BCUT2D eigenvalue weighted by Gasteiger charge is -2.39. The molecule has 3 heterocycles. The largest absolute Gasteiger partial charge is 0.508 e. The minimum absolute atomic E-state index is 0.0950. The van der Waals surface area contributed by atoms with Crippen LogP contribution in [0.2, 0.25) is 0 Å². The van der Waals surface area contributed by atoms with Crippen LogP contribution in [0.25, 0.3) is 16.9 Å². The van der Waals surface area contributed by atoms with Gasteiger partial charge in [-0.3, -0.25) is 14.9 Å². The first-order valence-corrected chi connectivity index (χ1v) is 13.8. The summed E-state index contributed by atoms with van der Waals surface area (Å²) in [6.45, 7) is 13.5. The number of piperidine rings is 1. The van der Waals surface area contributed by atoms with Crippen molar-refractivity contribution in [3.8, 4) is 11.1 Å². The van der Waals surface area contributed by atoms with E-state index < -0.39 is 0 Å². The van der Waals surface area contributed by atoms with Gasteiger partial charge in [-0.05, 0) is 98.0 Å². The Kier molecular flexibility index (Phi) is 7.49. The molecule has 0 radical (unpaired) electrons. The molecular formula is C33H38FN3O. The zero-order valence-electron chi connectivity index (χ0n) is 22.9. The number of aromatic nitrogens is 1. The van der Waals surface area contributed by atoms with E-state index in [0.717, 1.165) is 91.8 Å². The summed E-state index contributed by atoms with van der Waals surface area (Å²) in [5.41, 5.74) is 9.60. The van der Waals surface area contributed by atoms with Crippen molar-refractivity contribution in [3.05, 3.63) is 94.6 Å². The van der Waals surface area contributed by atoms with Crippen LogP contribution < -0.4 is 0 Å². The molecule has 1 spiro atoms. The SMILES string of the molecule is C=C(O)c1ccc(C2=NCC3(CCN(Cc4cc(CCC)ncc4-c4ccc(F)c(C)c4C)CC3)C2)cc1. The summed E-state index contributed by atoms with van der Waals surface area (Å²) in [6, 6.07) is 13.7. The van der Waals surface area contributed by atoms with Crippen molar-refractivity contribution in [2.75, 3.05) is 19.6 Å². The van der Waals surface area contributed by atoms with Crippen LogP contribution in [0.4, 0.5) is 4.39 Å². The maximum absolute atomic E-state index is 14.2. The Morgan fingerprint density at radius 1 is 1.05 bits per heavy atom. The molecule has 1 N–H and O–H groups in total. The molecule has 1 aromatic heterocycles. The number of hydrogen-bond acceptors (Lipinski definition) is 4. The van der Waals surface area contributed by atoms with Crippen molar-refractivity contribution in [1.82, 2.24) is 9.88 Å². The topological polar surface area (TPSA) is 48.7 Å². The molecule has 1 fully saturated rings. The Morgan fingerprint density at radius 2 is 1.79 bits per heavy atom. The van der Waals surface area contributed by atoms with Crippen LogP contribution in [0.5, 0.6) is 0 Å². The van der Waals surface area contributed by atoms with E-state index in [1.807, 2.05) is 50.4 Å². The third-order valence-corrected chi connectivity index (χ3v) is 8.57. The summed E-state index contributed by atoms with van der Waals surface area (Å²) >= 11 is 0. The number of halogens is 1. The van der Waals surface area contributed by atoms with E-state index in [-0.39, 0.29) is 17.0 Å². The van der Waals surface area contributed by atoms with E-state index in [1.165, 1.54) is 11.3 Å². The molecule has 0 aliphatic carbocycles. The van der Waals surface area contributed by atoms with E-state index in [4.69, 9.17) is 9.98 Å². The summed E-state index contributed by atoms with van der Waals surface area (Å²) in [5.74, 6) is -0.0599. The van der Waals surface area contributed by atoms with Crippen LogP contribution in [-0.2, 0) is 13.0 Å². The number of aliphatic imine (C=N–C) groups is 1. The van der Waals surface area contributed by atoms with Crippen molar-refractivity contribution in [2.45, 2.75) is 59.4 Å². The van der Waals surface area contributed by atoms with Crippen LogP contribution in [0.1, 0.15) is 66.1 Å². The monoisotopic (exact) mass is 511 g/mol. The number of benzene rings is 2. The lowest BCUT2D eigenvalue weighted by molar-refractivity contribution is 0.116. The number of aliphatic hydroxyl groups excluding tert-OH is 1. The predicted molar refractivity (Wildman–Crippen MR) is 154 cm³/mol. The van der Waals surface area contributed by atoms with Crippen LogP contribution in [0.15, 0.2) is 60.2 Å². The van der Waals surface area contributed by atoms with Crippen molar-refractivity contribution in [1.29, 1.82) is 0 Å². The molecule has 5 rings (SSSR count). The van der Waals surface area contributed by atoms with E-state index in [0.29, 0.717) is 5.56 Å². The fourth-order valence-electron chi connectivity index (χ4n) is 5.93. The third kappa shape index (κ3) is 5.30. The molecule has 0 bridgehead atoms. The number of rotatable bonds is 7. The molecule has 3 aromatic rings. The fourth-order valence-corrected chi connectivity index (χ4v) is 5.93. The highest BCUT2D eigenvalue weighted by atomic mass is 19.1. The predicted octanol–water partition coefficient (Wildman–Crippen LogP) is 7.46. The highest BCUT2D eigenvalue weighted by Crippen LogP contribution is 2.41. The second kappa shape index (κ2) is 10.8. The zero-order chi connectivity index (χ0) is 26.9. The summed E-state index contributed by atoms with van der Waals surface area (Å²) in [4.78, 5) is 12.3. The van der Waals surface area contributed by atoms with Crippen LogP contribution in [0.3, 0.4) is 0 Å². The van der Waals surface area contributed by atoms with Gasteiger partial charge in [-0.1, -0.05) is 50.3 Å². The van der Waals surface area contributed by atoms with E-state index >= 15 is 0 Å². The van der Waals surface area contributed by atoms with Gasteiger partial charge in [-0.25, -0.2) is 4.39 Å². The van der Waals surface area contributed by atoms with Gasteiger partial charge in [-0.15, -0.1) is 0 Å². The van der Waals surface area contributed by atoms with Crippen molar-refractivity contribution >= 4 is 11.5 Å². The van der Waals surface area contributed by atoms with Crippen molar-refractivity contribution in [3.63, 3.8) is 0 Å². The normalized spacial score (nSPS) is 17.1. The van der Waals surface area contributed by atoms with Gasteiger partial charge in [-0.2, -0.15) is 0 Å². The average molecular weight is 512 g/mol. The molecule has 38 heavy (non-hydrogen) atoms. The first kappa shape index (κ1) is 26.3. The van der Waals surface area contributed by atoms with Crippen molar-refractivity contribution in [2.24, 2.45) is 10.4 Å². The maximum atomic E-state index is 14.2. The van der Waals surface area contributed by atoms with Crippen LogP contribution in [0, 0.1) is 25.1 Å². The fraction of sp³-hybridized carbons (Fsp3) is 0.394. The Balaban J connectivity index is 1.29. The molecule has 1 saturated heterocycles. The Hall–Kier alpha value is -3.31. The minimum atomic E-state index is -0.155. The van der Waals surface area contributed by atoms with Crippen LogP contribution in [-0.4, -0.2) is 40.3 Å². The van der Waals surface area contributed by atoms with Crippen LogP contribution >= 0.6 is 0 Å². The molecule has 4 nitrogen and oxygen atoms in total. The molecule has 2 aromatic carbocycles. The molecule has 2 aliphatic rings. The van der Waals surface area contributed by atoms with Gasteiger partial charge in [0.05, 0.1) is 0 Å². The highest BCUT2D eigenvalue weighted by molar-refractivity contribution is 6.02. The summed E-state index contributed by atoms with van der Waals surface area (Å²) in [7, 11) is 0. The summed E-state index contributed by atoms with van der Waals surface area (Å²) in [6.07, 6.45) is 7.29. The van der Waals surface area contributed by atoms with Crippen molar-refractivity contribution < 1.29 is 9.50 Å². The number of nitrogens with zero attached hydrogens (tertiary/aromatic N) is 3. The quantitative estimate of drug-likeness (QED) is 0.335. The average Bonchev–Trinajstić information content (AvgIpc) is 3.33. The standard InChI is InChI=1S/C33H38FN3O/c1-5-6-28-17-27(30(19-35-28)29-11-12-31(34)23(3)22(29)2)20-37-15-13-33(14-16-37)18-32(36-21-33)26-9-7-25(8-10-26)24(4)38/h7-12,17,19,38H,4-6,13-16,18,20-21H2,1-3H3. The smallest absolute Gasteiger partial charge is 0.126 e. The molecule has 0 amide bonds.